The van der Waals surface area contributed by atoms with Gasteiger partial charge in [0.15, 0.2) is 5.13 Å². The molecule has 2 aromatic heterocycles. The Kier molecular flexibility index (Phi) is 6.73. The van der Waals surface area contributed by atoms with Crippen molar-refractivity contribution in [3.8, 4) is 11.3 Å². The molecule has 0 bridgehead atoms. The molecule has 1 fully saturated rings. The number of nitrogens with zero attached hydrogens (tertiary/aromatic N) is 2. The van der Waals surface area contributed by atoms with Gasteiger partial charge in [0.25, 0.3) is 5.91 Å². The molecule has 0 spiro atoms. The third kappa shape index (κ3) is 5.18. The zero-order chi connectivity index (χ0) is 24.2. The number of H-pyrrole nitrogens is 1. The molecule has 1 saturated heterocycles. The van der Waals surface area contributed by atoms with E-state index in [2.05, 4.69) is 25.7 Å². The molecule has 4 aromatic rings. The first kappa shape index (κ1) is 23.0. The Morgan fingerprint density at radius 2 is 1.86 bits per heavy atom. The number of anilines is 1. The number of hydrazine groups is 1. The summed E-state index contributed by atoms with van der Waals surface area (Å²) in [4.78, 5) is 34.8. The molecule has 2 aromatic carbocycles. The lowest BCUT2D eigenvalue weighted by molar-refractivity contribution is -0.121. The zero-order valence-electron chi connectivity index (χ0n) is 18.8. The van der Waals surface area contributed by atoms with E-state index < -0.39 is 5.91 Å². The van der Waals surface area contributed by atoms with Crippen molar-refractivity contribution in [3.05, 3.63) is 71.0 Å². The minimum Gasteiger partial charge on any atom is -0.378 e. The van der Waals surface area contributed by atoms with Crippen molar-refractivity contribution in [2.45, 2.75) is 12.8 Å². The van der Waals surface area contributed by atoms with Crippen LogP contribution in [0.3, 0.4) is 0 Å². The number of fused-ring (bicyclic) bond motifs is 1. The second-order valence-electron chi connectivity index (χ2n) is 8.15. The lowest BCUT2D eigenvalue weighted by atomic mass is 10.0. The summed E-state index contributed by atoms with van der Waals surface area (Å²) in [5.74, 6) is -1.09. The highest BCUT2D eigenvalue weighted by Crippen LogP contribution is 2.31. The third-order valence-electron chi connectivity index (χ3n) is 5.87. The lowest BCUT2D eigenvalue weighted by Gasteiger charge is -2.25. The number of halogens is 1. The Labute approximate surface area is 205 Å². The number of carbonyl (C=O) groups is 2. The fourth-order valence-electron chi connectivity index (χ4n) is 4.08. The van der Waals surface area contributed by atoms with Gasteiger partial charge in [-0.25, -0.2) is 9.37 Å². The van der Waals surface area contributed by atoms with E-state index in [1.807, 2.05) is 24.3 Å². The standard InChI is InChI=1S/C25H24FN5O3S/c26-17-7-5-16(6-8-17)23-19(18-3-1-2-4-20(18)27-23)9-10-22(32)29-30-24(33)21-15-35-25(28-21)31-11-13-34-14-12-31/h1-8,15,27H,9-14H2,(H,29,32)(H,30,33). The maximum Gasteiger partial charge on any atom is 0.289 e. The number of rotatable bonds is 6. The molecule has 10 heteroatoms. The molecule has 8 nitrogen and oxygen atoms in total. The van der Waals surface area contributed by atoms with Gasteiger partial charge in [0.1, 0.15) is 11.5 Å². The summed E-state index contributed by atoms with van der Waals surface area (Å²) in [6, 6.07) is 14.1. The topological polar surface area (TPSA) is 99.4 Å². The highest BCUT2D eigenvalue weighted by molar-refractivity contribution is 7.13. The number of benzene rings is 2. The molecule has 0 aliphatic carbocycles. The van der Waals surface area contributed by atoms with Gasteiger partial charge in [0.05, 0.1) is 13.2 Å². The summed E-state index contributed by atoms with van der Waals surface area (Å²) < 4.78 is 18.8. The van der Waals surface area contributed by atoms with Gasteiger partial charge in [-0.2, -0.15) is 0 Å². The van der Waals surface area contributed by atoms with E-state index in [0.29, 0.717) is 19.6 Å². The molecular weight excluding hydrogens is 469 g/mol. The second-order valence-corrected chi connectivity index (χ2v) is 8.98. The van der Waals surface area contributed by atoms with Crippen molar-refractivity contribution < 1.29 is 18.7 Å². The van der Waals surface area contributed by atoms with Crippen molar-refractivity contribution in [2.24, 2.45) is 0 Å². The van der Waals surface area contributed by atoms with E-state index in [1.54, 1.807) is 17.5 Å². The summed E-state index contributed by atoms with van der Waals surface area (Å²) in [7, 11) is 0. The zero-order valence-corrected chi connectivity index (χ0v) is 19.7. The quantitative estimate of drug-likeness (QED) is 0.356. The normalized spacial score (nSPS) is 13.7. The monoisotopic (exact) mass is 493 g/mol. The van der Waals surface area contributed by atoms with E-state index in [9.17, 15) is 14.0 Å². The van der Waals surface area contributed by atoms with Crippen LogP contribution in [0.15, 0.2) is 53.9 Å². The average molecular weight is 494 g/mol. The van der Waals surface area contributed by atoms with Crippen molar-refractivity contribution in [2.75, 3.05) is 31.2 Å². The van der Waals surface area contributed by atoms with E-state index in [0.717, 1.165) is 45.9 Å². The van der Waals surface area contributed by atoms with Crippen molar-refractivity contribution in [1.82, 2.24) is 20.8 Å². The van der Waals surface area contributed by atoms with Gasteiger partial charge in [-0.15, -0.1) is 11.3 Å². The largest absolute Gasteiger partial charge is 0.378 e. The fraction of sp³-hybridized carbons (Fsp3) is 0.240. The second kappa shape index (κ2) is 10.2. The number of nitrogens with one attached hydrogen (secondary N) is 3. The highest BCUT2D eigenvalue weighted by atomic mass is 32.1. The summed E-state index contributed by atoms with van der Waals surface area (Å²) in [5.41, 5.74) is 8.77. The van der Waals surface area contributed by atoms with E-state index >= 15 is 0 Å². The highest BCUT2D eigenvalue weighted by Gasteiger charge is 2.18. The number of aromatic amines is 1. The summed E-state index contributed by atoms with van der Waals surface area (Å²) in [6.45, 7) is 2.74. The summed E-state index contributed by atoms with van der Waals surface area (Å²) in [5, 5.41) is 3.44. The number of thiazole rings is 1. The predicted octanol–water partition coefficient (Wildman–Crippen LogP) is 3.66. The Bertz CT molecular complexity index is 1340. The molecule has 180 valence electrons. The first-order valence-electron chi connectivity index (χ1n) is 11.3. The van der Waals surface area contributed by atoms with Crippen molar-refractivity contribution in [3.63, 3.8) is 0 Å². The van der Waals surface area contributed by atoms with Crippen LogP contribution in [0.5, 0.6) is 0 Å². The van der Waals surface area contributed by atoms with Gasteiger partial charge >= 0.3 is 0 Å². The van der Waals surface area contributed by atoms with Gasteiger partial charge in [-0.1, -0.05) is 18.2 Å². The number of morpholine rings is 1. The molecule has 1 aliphatic rings. The Morgan fingerprint density at radius 3 is 2.66 bits per heavy atom. The van der Waals surface area contributed by atoms with Crippen LogP contribution in [0.25, 0.3) is 22.2 Å². The van der Waals surface area contributed by atoms with E-state index in [4.69, 9.17) is 4.74 Å². The minimum atomic E-state index is -0.465. The van der Waals surface area contributed by atoms with Crippen LogP contribution in [0.2, 0.25) is 0 Å². The van der Waals surface area contributed by atoms with Crippen LogP contribution in [0.1, 0.15) is 22.5 Å². The summed E-state index contributed by atoms with van der Waals surface area (Å²) in [6.07, 6.45) is 0.600. The molecule has 3 N–H and O–H groups in total. The number of para-hydroxylation sites is 1. The lowest BCUT2D eigenvalue weighted by Crippen LogP contribution is -2.42. The number of amides is 2. The molecule has 3 heterocycles. The van der Waals surface area contributed by atoms with E-state index in [-0.39, 0.29) is 23.8 Å². The van der Waals surface area contributed by atoms with Gasteiger partial charge < -0.3 is 14.6 Å². The number of aryl methyl sites for hydroxylation is 1. The SMILES string of the molecule is O=C(CCc1c(-c2ccc(F)cc2)[nH]c2ccccc12)NNC(=O)c1csc(N2CCOCC2)n1. The first-order chi connectivity index (χ1) is 17.1. The average Bonchev–Trinajstić information content (AvgIpc) is 3.53. The molecule has 0 atom stereocenters. The number of aromatic nitrogens is 2. The maximum absolute atomic E-state index is 13.4. The molecule has 0 radical (unpaired) electrons. The Balaban J connectivity index is 1.22. The number of carbonyl (C=O) groups excluding carboxylic acids is 2. The molecule has 0 saturated carbocycles. The minimum absolute atomic E-state index is 0.159. The van der Waals surface area contributed by atoms with Crippen LogP contribution in [-0.2, 0) is 16.0 Å². The molecule has 5 rings (SSSR count). The number of hydrogen-bond acceptors (Lipinski definition) is 6. The van der Waals surface area contributed by atoms with Crippen LogP contribution in [0.4, 0.5) is 9.52 Å². The van der Waals surface area contributed by atoms with Crippen LogP contribution < -0.4 is 15.8 Å². The van der Waals surface area contributed by atoms with Crippen LogP contribution in [0, 0.1) is 5.82 Å². The van der Waals surface area contributed by atoms with Crippen LogP contribution >= 0.6 is 11.3 Å². The van der Waals surface area contributed by atoms with E-state index in [1.165, 1.54) is 23.5 Å². The maximum atomic E-state index is 13.4. The van der Waals surface area contributed by atoms with Crippen molar-refractivity contribution in [1.29, 1.82) is 0 Å². The van der Waals surface area contributed by atoms with Crippen molar-refractivity contribution >= 4 is 39.2 Å². The molecule has 1 aliphatic heterocycles. The smallest absolute Gasteiger partial charge is 0.289 e. The Hall–Kier alpha value is -3.76. The fourth-order valence-corrected chi connectivity index (χ4v) is 4.94. The van der Waals surface area contributed by atoms with Crippen LogP contribution in [-0.4, -0.2) is 48.1 Å². The van der Waals surface area contributed by atoms with Gasteiger partial charge in [0.2, 0.25) is 5.91 Å². The molecule has 0 unspecified atom stereocenters. The van der Waals surface area contributed by atoms with Gasteiger partial charge in [0, 0.05) is 41.5 Å². The third-order valence-corrected chi connectivity index (χ3v) is 6.77. The number of hydrogen-bond donors (Lipinski definition) is 3. The summed E-state index contributed by atoms with van der Waals surface area (Å²) >= 11 is 1.39. The first-order valence-corrected chi connectivity index (χ1v) is 12.2. The van der Waals surface area contributed by atoms with Gasteiger partial charge in [-0.3, -0.25) is 20.4 Å². The van der Waals surface area contributed by atoms with Gasteiger partial charge in [-0.05, 0) is 47.9 Å². The molecule has 2 amide bonds. The molecular formula is C25H24FN5O3S. The predicted molar refractivity (Wildman–Crippen MR) is 133 cm³/mol. The molecule has 35 heavy (non-hydrogen) atoms. The Morgan fingerprint density at radius 1 is 1.09 bits per heavy atom. The number of ether oxygens (including phenoxy) is 1.